The largest absolute Gasteiger partial charge is 0.493 e. The van der Waals surface area contributed by atoms with E-state index in [1.165, 1.54) is 0 Å². The summed E-state index contributed by atoms with van der Waals surface area (Å²) >= 11 is 0. The van der Waals surface area contributed by atoms with Gasteiger partial charge in [0.25, 0.3) is 0 Å². The fraction of sp³-hybridized carbons (Fsp3) is 0.529. The molecule has 1 unspecified atom stereocenters. The minimum atomic E-state index is -0.781. The summed E-state index contributed by atoms with van der Waals surface area (Å²) in [4.78, 5) is 27.0. The molecule has 1 saturated heterocycles. The Kier molecular flexibility index (Phi) is 4.81. The van der Waals surface area contributed by atoms with Crippen LogP contribution in [0.5, 0.6) is 5.75 Å². The lowest BCUT2D eigenvalue weighted by Crippen LogP contribution is -2.36. The number of ether oxygens (including phenoxy) is 3. The number of benzene rings is 1. The molecule has 0 spiro atoms. The Morgan fingerprint density at radius 1 is 1.30 bits per heavy atom. The van der Waals surface area contributed by atoms with Gasteiger partial charge in [0.05, 0.1) is 32.0 Å². The Labute approximate surface area is 135 Å². The SMILES string of the molecule is CCOC(=O)C1CCOc2ccc(N3CCOCC3)cc2C1=O. The Morgan fingerprint density at radius 3 is 2.83 bits per heavy atom. The number of anilines is 1. The van der Waals surface area contributed by atoms with E-state index in [9.17, 15) is 9.59 Å². The van der Waals surface area contributed by atoms with Crippen LogP contribution in [0.15, 0.2) is 18.2 Å². The third-order valence-corrected chi connectivity index (χ3v) is 4.16. The molecule has 6 heteroatoms. The molecule has 0 aliphatic carbocycles. The number of fused-ring (bicyclic) bond motifs is 1. The first-order valence-electron chi connectivity index (χ1n) is 8.01. The molecule has 1 aromatic carbocycles. The van der Waals surface area contributed by atoms with Crippen molar-refractivity contribution < 1.29 is 23.8 Å². The molecule has 1 aromatic rings. The number of hydrogen-bond donors (Lipinski definition) is 0. The predicted octanol–water partition coefficient (Wildman–Crippen LogP) is 1.67. The van der Waals surface area contributed by atoms with Gasteiger partial charge in [0.15, 0.2) is 5.78 Å². The molecular formula is C17H21NO5. The molecule has 0 saturated carbocycles. The van der Waals surface area contributed by atoms with Crippen molar-refractivity contribution in [1.82, 2.24) is 0 Å². The summed E-state index contributed by atoms with van der Waals surface area (Å²) in [7, 11) is 0. The van der Waals surface area contributed by atoms with Crippen LogP contribution >= 0.6 is 0 Å². The van der Waals surface area contributed by atoms with Crippen molar-refractivity contribution >= 4 is 17.4 Å². The topological polar surface area (TPSA) is 65.1 Å². The fourth-order valence-electron chi connectivity index (χ4n) is 2.93. The van der Waals surface area contributed by atoms with E-state index in [4.69, 9.17) is 14.2 Å². The van der Waals surface area contributed by atoms with Crippen LogP contribution in [0, 0.1) is 5.92 Å². The number of carbonyl (C=O) groups excluding carboxylic acids is 2. The second-order valence-electron chi connectivity index (χ2n) is 5.59. The molecule has 23 heavy (non-hydrogen) atoms. The Balaban J connectivity index is 1.88. The van der Waals surface area contributed by atoms with E-state index in [1.54, 1.807) is 6.92 Å². The summed E-state index contributed by atoms with van der Waals surface area (Å²) in [6.45, 7) is 5.26. The molecule has 0 aromatic heterocycles. The van der Waals surface area contributed by atoms with Gasteiger partial charge < -0.3 is 19.1 Å². The van der Waals surface area contributed by atoms with Crippen LogP contribution < -0.4 is 9.64 Å². The Hall–Kier alpha value is -2.08. The van der Waals surface area contributed by atoms with Crippen LogP contribution in [-0.2, 0) is 14.3 Å². The molecule has 2 aliphatic rings. The third-order valence-electron chi connectivity index (χ3n) is 4.16. The number of carbonyl (C=O) groups is 2. The first-order valence-corrected chi connectivity index (χ1v) is 8.01. The molecular weight excluding hydrogens is 298 g/mol. The minimum Gasteiger partial charge on any atom is -0.493 e. The number of morpholine rings is 1. The van der Waals surface area contributed by atoms with E-state index < -0.39 is 11.9 Å². The second kappa shape index (κ2) is 7.00. The Bertz CT molecular complexity index is 595. The minimum absolute atomic E-state index is 0.217. The number of rotatable bonds is 3. The zero-order valence-electron chi connectivity index (χ0n) is 13.2. The molecule has 0 radical (unpaired) electrons. The number of nitrogens with zero attached hydrogens (tertiary/aromatic N) is 1. The van der Waals surface area contributed by atoms with E-state index in [1.807, 2.05) is 18.2 Å². The van der Waals surface area contributed by atoms with E-state index in [0.717, 1.165) is 18.8 Å². The van der Waals surface area contributed by atoms with Gasteiger partial charge in [0.1, 0.15) is 11.7 Å². The monoisotopic (exact) mass is 319 g/mol. The highest BCUT2D eigenvalue weighted by Crippen LogP contribution is 2.31. The lowest BCUT2D eigenvalue weighted by molar-refractivity contribution is -0.146. The van der Waals surface area contributed by atoms with Crippen molar-refractivity contribution in [1.29, 1.82) is 0 Å². The van der Waals surface area contributed by atoms with Crippen LogP contribution in [0.1, 0.15) is 23.7 Å². The van der Waals surface area contributed by atoms with Gasteiger partial charge in [0, 0.05) is 25.2 Å². The van der Waals surface area contributed by atoms with Gasteiger partial charge in [-0.3, -0.25) is 9.59 Å². The molecule has 2 aliphatic heterocycles. The summed E-state index contributed by atoms with van der Waals surface area (Å²) in [6.07, 6.45) is 0.346. The van der Waals surface area contributed by atoms with Gasteiger partial charge >= 0.3 is 5.97 Å². The summed E-state index contributed by atoms with van der Waals surface area (Å²) in [5.74, 6) is -0.924. The molecule has 0 bridgehead atoms. The van der Waals surface area contributed by atoms with Crippen LogP contribution in [0.4, 0.5) is 5.69 Å². The molecule has 3 rings (SSSR count). The van der Waals surface area contributed by atoms with Crippen LogP contribution in [0.3, 0.4) is 0 Å². The summed E-state index contributed by atoms with van der Waals surface area (Å²) in [5.41, 5.74) is 1.41. The van der Waals surface area contributed by atoms with E-state index in [0.29, 0.717) is 37.6 Å². The predicted molar refractivity (Wildman–Crippen MR) is 84.0 cm³/mol. The maximum Gasteiger partial charge on any atom is 0.316 e. The van der Waals surface area contributed by atoms with Crippen molar-refractivity contribution in [2.45, 2.75) is 13.3 Å². The highest BCUT2D eigenvalue weighted by Gasteiger charge is 2.33. The lowest BCUT2D eigenvalue weighted by Gasteiger charge is -2.29. The quantitative estimate of drug-likeness (QED) is 0.624. The average Bonchev–Trinajstić information content (AvgIpc) is 2.75. The zero-order valence-corrected chi connectivity index (χ0v) is 13.2. The van der Waals surface area contributed by atoms with Crippen molar-refractivity contribution in [3.63, 3.8) is 0 Å². The first-order chi connectivity index (χ1) is 11.2. The van der Waals surface area contributed by atoms with Crippen molar-refractivity contribution in [2.75, 3.05) is 44.4 Å². The fourth-order valence-corrected chi connectivity index (χ4v) is 2.93. The van der Waals surface area contributed by atoms with Gasteiger partial charge in [-0.1, -0.05) is 0 Å². The standard InChI is InChI=1S/C17H21NO5/c1-2-22-17(20)13-5-8-23-15-4-3-12(11-14(15)16(13)19)18-6-9-21-10-7-18/h3-4,11,13H,2,5-10H2,1H3. The smallest absolute Gasteiger partial charge is 0.316 e. The van der Waals surface area contributed by atoms with E-state index in [-0.39, 0.29) is 12.4 Å². The third kappa shape index (κ3) is 3.32. The molecule has 124 valence electrons. The Morgan fingerprint density at radius 2 is 2.09 bits per heavy atom. The molecule has 2 heterocycles. The molecule has 0 N–H and O–H groups in total. The van der Waals surface area contributed by atoms with Crippen LogP contribution in [-0.4, -0.2) is 51.3 Å². The molecule has 1 atom stereocenters. The number of Topliss-reactive ketones (excluding diaryl/α,β-unsaturated/α-hetero) is 1. The zero-order chi connectivity index (χ0) is 16.2. The van der Waals surface area contributed by atoms with Gasteiger partial charge in [-0.05, 0) is 25.1 Å². The van der Waals surface area contributed by atoms with Crippen molar-refractivity contribution in [2.24, 2.45) is 5.92 Å². The summed E-state index contributed by atoms with van der Waals surface area (Å²) < 4.78 is 16.0. The van der Waals surface area contributed by atoms with Crippen LogP contribution in [0.2, 0.25) is 0 Å². The highest BCUT2D eigenvalue weighted by atomic mass is 16.5. The van der Waals surface area contributed by atoms with Crippen LogP contribution in [0.25, 0.3) is 0 Å². The number of esters is 1. The normalized spacial score (nSPS) is 21.2. The second-order valence-corrected chi connectivity index (χ2v) is 5.59. The molecule has 6 nitrogen and oxygen atoms in total. The van der Waals surface area contributed by atoms with Gasteiger partial charge in [-0.25, -0.2) is 0 Å². The highest BCUT2D eigenvalue weighted by molar-refractivity contribution is 6.10. The molecule has 1 fully saturated rings. The average molecular weight is 319 g/mol. The number of ketones is 1. The maximum absolute atomic E-state index is 12.8. The number of hydrogen-bond acceptors (Lipinski definition) is 6. The van der Waals surface area contributed by atoms with E-state index in [2.05, 4.69) is 4.90 Å². The van der Waals surface area contributed by atoms with Gasteiger partial charge in [0.2, 0.25) is 0 Å². The lowest BCUT2D eigenvalue weighted by atomic mass is 9.95. The van der Waals surface area contributed by atoms with Gasteiger partial charge in [-0.15, -0.1) is 0 Å². The van der Waals surface area contributed by atoms with Gasteiger partial charge in [-0.2, -0.15) is 0 Å². The van der Waals surface area contributed by atoms with Crippen molar-refractivity contribution in [3.05, 3.63) is 23.8 Å². The first kappa shape index (κ1) is 15.8. The summed E-state index contributed by atoms with van der Waals surface area (Å²) in [6, 6.07) is 5.58. The van der Waals surface area contributed by atoms with E-state index >= 15 is 0 Å². The maximum atomic E-state index is 12.8. The molecule has 0 amide bonds. The summed E-state index contributed by atoms with van der Waals surface area (Å²) in [5, 5.41) is 0. The van der Waals surface area contributed by atoms with Crippen molar-refractivity contribution in [3.8, 4) is 5.75 Å².